The van der Waals surface area contributed by atoms with Crippen molar-refractivity contribution in [2.24, 2.45) is 0 Å². The van der Waals surface area contributed by atoms with Crippen molar-refractivity contribution in [3.05, 3.63) is 34.9 Å². The summed E-state index contributed by atoms with van der Waals surface area (Å²) in [6.45, 7) is 7.80. The number of hydrogen-bond acceptors (Lipinski definition) is 3. The van der Waals surface area contributed by atoms with Gasteiger partial charge in [-0.15, -0.1) is 0 Å². The molecule has 1 fully saturated rings. The Kier molecular flexibility index (Phi) is 6.15. The maximum absolute atomic E-state index is 9.75. The van der Waals surface area contributed by atoms with Crippen LogP contribution >= 0.6 is 11.8 Å². The molecule has 2 N–H and O–H groups in total. The first-order valence-corrected chi connectivity index (χ1v) is 9.16. The molecule has 1 saturated carbocycles. The maximum atomic E-state index is 9.75. The molecule has 0 spiro atoms. The Balaban J connectivity index is 1.87. The van der Waals surface area contributed by atoms with E-state index in [1.807, 2.05) is 0 Å². The molecule has 0 amide bonds. The van der Waals surface area contributed by atoms with Gasteiger partial charge in [-0.2, -0.15) is 11.8 Å². The zero-order valence-corrected chi connectivity index (χ0v) is 14.4. The van der Waals surface area contributed by atoms with Crippen molar-refractivity contribution >= 4 is 11.8 Å². The van der Waals surface area contributed by atoms with Crippen LogP contribution in [0.2, 0.25) is 0 Å². The van der Waals surface area contributed by atoms with E-state index in [9.17, 15) is 5.11 Å². The quantitative estimate of drug-likeness (QED) is 0.803. The van der Waals surface area contributed by atoms with Gasteiger partial charge in [-0.3, -0.25) is 0 Å². The second-order valence-corrected chi connectivity index (χ2v) is 7.83. The molecule has 2 nitrogen and oxygen atoms in total. The molecule has 1 aliphatic carbocycles. The minimum absolute atomic E-state index is 0.0177. The number of benzene rings is 1. The molecule has 0 heterocycles. The molecule has 1 aromatic rings. The zero-order chi connectivity index (χ0) is 15.3. The number of thioether (sulfide) groups is 1. The molecule has 0 bridgehead atoms. The topological polar surface area (TPSA) is 32.3 Å². The van der Waals surface area contributed by atoms with E-state index in [4.69, 9.17) is 0 Å². The molecule has 2 rings (SSSR count). The Labute approximate surface area is 133 Å². The van der Waals surface area contributed by atoms with Gasteiger partial charge in [-0.25, -0.2) is 0 Å². The Morgan fingerprint density at radius 2 is 2.00 bits per heavy atom. The summed E-state index contributed by atoms with van der Waals surface area (Å²) in [6, 6.07) is 6.82. The lowest BCUT2D eigenvalue weighted by Gasteiger charge is -2.28. The minimum atomic E-state index is -0.0177. The lowest BCUT2D eigenvalue weighted by atomic mass is 9.99. The van der Waals surface area contributed by atoms with E-state index in [1.54, 1.807) is 0 Å². The van der Waals surface area contributed by atoms with Gasteiger partial charge in [0.2, 0.25) is 0 Å². The van der Waals surface area contributed by atoms with E-state index >= 15 is 0 Å². The molecule has 1 aliphatic rings. The van der Waals surface area contributed by atoms with Crippen LogP contribution in [0.25, 0.3) is 0 Å². The Bertz CT molecular complexity index is 442. The summed E-state index contributed by atoms with van der Waals surface area (Å²) in [5, 5.41) is 14.0. The molecule has 0 radical (unpaired) electrons. The molecule has 1 aromatic carbocycles. The first-order valence-electron chi connectivity index (χ1n) is 8.11. The van der Waals surface area contributed by atoms with E-state index in [2.05, 4.69) is 56.0 Å². The summed E-state index contributed by atoms with van der Waals surface area (Å²) < 4.78 is 0. The number of aliphatic hydroxyl groups is 1. The van der Waals surface area contributed by atoms with Crippen molar-refractivity contribution in [3.8, 4) is 0 Å². The molecule has 2 unspecified atom stereocenters. The molecule has 0 aliphatic heterocycles. The van der Waals surface area contributed by atoms with Gasteiger partial charge in [0.15, 0.2) is 0 Å². The molecule has 3 heteroatoms. The van der Waals surface area contributed by atoms with Crippen LogP contribution in [-0.2, 0) is 5.75 Å². The zero-order valence-electron chi connectivity index (χ0n) is 13.6. The fourth-order valence-electron chi connectivity index (χ4n) is 3.34. The molecular weight excluding hydrogens is 278 g/mol. The van der Waals surface area contributed by atoms with Crippen LogP contribution in [0, 0.1) is 13.8 Å². The van der Waals surface area contributed by atoms with Crippen LogP contribution in [0.5, 0.6) is 0 Å². The summed E-state index contributed by atoms with van der Waals surface area (Å²) in [5.41, 5.74) is 4.12. The van der Waals surface area contributed by atoms with E-state index in [0.717, 1.165) is 31.6 Å². The van der Waals surface area contributed by atoms with Gasteiger partial charge in [-0.05, 0) is 51.6 Å². The van der Waals surface area contributed by atoms with E-state index in [0.29, 0.717) is 5.25 Å². The third-order valence-electron chi connectivity index (χ3n) is 4.38. The monoisotopic (exact) mass is 307 g/mol. The summed E-state index contributed by atoms with van der Waals surface area (Å²) in [4.78, 5) is 0. The number of aliphatic hydroxyl groups excluding tert-OH is 1. The Morgan fingerprint density at radius 3 is 2.62 bits per heavy atom. The first-order chi connectivity index (χ1) is 10.1. The fourth-order valence-corrected chi connectivity index (χ4v) is 4.65. The van der Waals surface area contributed by atoms with Crippen LogP contribution in [0.3, 0.4) is 0 Å². The van der Waals surface area contributed by atoms with Crippen molar-refractivity contribution in [1.82, 2.24) is 5.32 Å². The average molecular weight is 308 g/mol. The summed E-state index contributed by atoms with van der Waals surface area (Å²) in [7, 11) is 0. The lowest BCUT2D eigenvalue weighted by Crippen LogP contribution is -2.46. The van der Waals surface area contributed by atoms with Gasteiger partial charge >= 0.3 is 0 Å². The third-order valence-corrected chi connectivity index (χ3v) is 5.76. The van der Waals surface area contributed by atoms with Gasteiger partial charge in [-0.1, -0.05) is 36.2 Å². The fraction of sp³-hybridized carbons (Fsp3) is 0.667. The largest absolute Gasteiger partial charge is 0.394 e. The minimum Gasteiger partial charge on any atom is -0.394 e. The number of nitrogens with one attached hydrogen (secondary N) is 1. The van der Waals surface area contributed by atoms with Crippen molar-refractivity contribution in [2.75, 3.05) is 13.2 Å². The normalized spacial score (nSPS) is 25.4. The predicted molar refractivity (Wildman–Crippen MR) is 93.0 cm³/mol. The third kappa shape index (κ3) is 4.73. The molecular formula is C18H29NOS. The van der Waals surface area contributed by atoms with Gasteiger partial charge in [0.25, 0.3) is 0 Å². The smallest absolute Gasteiger partial charge is 0.0613 e. The average Bonchev–Trinajstić information content (AvgIpc) is 2.86. The van der Waals surface area contributed by atoms with Crippen molar-refractivity contribution in [3.63, 3.8) is 0 Å². The van der Waals surface area contributed by atoms with Crippen LogP contribution in [0.1, 0.15) is 49.3 Å². The SMILES string of the molecule is CCCNC1(CO)CCC(SCc2cc(C)cc(C)c2)C1. The van der Waals surface area contributed by atoms with E-state index in [1.165, 1.54) is 23.1 Å². The van der Waals surface area contributed by atoms with Gasteiger partial charge in [0.1, 0.15) is 0 Å². The van der Waals surface area contributed by atoms with Crippen LogP contribution in [0.15, 0.2) is 18.2 Å². The highest BCUT2D eigenvalue weighted by molar-refractivity contribution is 7.99. The maximum Gasteiger partial charge on any atom is 0.0613 e. The summed E-state index contributed by atoms with van der Waals surface area (Å²) >= 11 is 2.05. The van der Waals surface area contributed by atoms with E-state index in [-0.39, 0.29) is 12.1 Å². The second kappa shape index (κ2) is 7.66. The number of aryl methyl sites for hydroxylation is 2. The van der Waals surface area contributed by atoms with Crippen molar-refractivity contribution in [2.45, 2.75) is 63.0 Å². The number of rotatable bonds is 7. The highest BCUT2D eigenvalue weighted by Gasteiger charge is 2.38. The lowest BCUT2D eigenvalue weighted by molar-refractivity contribution is 0.165. The Hall–Kier alpha value is -0.510. The molecule has 0 saturated heterocycles. The highest BCUT2D eigenvalue weighted by atomic mass is 32.2. The van der Waals surface area contributed by atoms with Crippen LogP contribution < -0.4 is 5.32 Å². The highest BCUT2D eigenvalue weighted by Crippen LogP contribution is 2.38. The van der Waals surface area contributed by atoms with Gasteiger partial charge < -0.3 is 10.4 Å². The summed E-state index contributed by atoms with van der Waals surface area (Å²) in [5.74, 6) is 1.09. The molecule has 2 atom stereocenters. The van der Waals surface area contributed by atoms with Crippen molar-refractivity contribution < 1.29 is 5.11 Å². The van der Waals surface area contributed by atoms with Crippen molar-refractivity contribution in [1.29, 1.82) is 0 Å². The van der Waals surface area contributed by atoms with Gasteiger partial charge in [0.05, 0.1) is 6.61 Å². The molecule has 118 valence electrons. The first kappa shape index (κ1) is 16.9. The Morgan fingerprint density at radius 1 is 1.29 bits per heavy atom. The second-order valence-electron chi connectivity index (χ2n) is 6.54. The summed E-state index contributed by atoms with van der Waals surface area (Å²) in [6.07, 6.45) is 4.54. The van der Waals surface area contributed by atoms with Crippen LogP contribution in [-0.4, -0.2) is 29.0 Å². The molecule has 0 aromatic heterocycles. The standard InChI is InChI=1S/C18H29NOS/c1-4-7-19-18(13-20)6-5-17(11-18)21-12-16-9-14(2)8-15(3)10-16/h8-10,17,19-20H,4-7,11-13H2,1-3H3. The van der Waals surface area contributed by atoms with E-state index < -0.39 is 0 Å². The van der Waals surface area contributed by atoms with Gasteiger partial charge in [0, 0.05) is 16.5 Å². The van der Waals surface area contributed by atoms with Crippen LogP contribution in [0.4, 0.5) is 0 Å². The predicted octanol–water partition coefficient (Wildman–Crippen LogP) is 3.82. The number of hydrogen-bond donors (Lipinski definition) is 2. The molecule has 21 heavy (non-hydrogen) atoms.